The van der Waals surface area contributed by atoms with Crippen LogP contribution in [0.5, 0.6) is 0 Å². The monoisotopic (exact) mass is 251 g/mol. The molecule has 98 valence electrons. The fourth-order valence-electron chi connectivity index (χ4n) is 1.52. The van der Waals surface area contributed by atoms with E-state index in [1.165, 1.54) is 18.2 Å². The highest BCUT2D eigenvalue weighted by molar-refractivity contribution is 5.92. The fraction of sp³-hybridized carbons (Fsp3) is 0.417. The number of nitrogens with zero attached hydrogens (tertiary/aromatic N) is 1. The molecule has 0 heterocycles. The van der Waals surface area contributed by atoms with Gasteiger partial charge in [0, 0.05) is 23.7 Å². The van der Waals surface area contributed by atoms with Crippen LogP contribution in [0.25, 0.3) is 0 Å². The Morgan fingerprint density at radius 3 is 2.89 bits per heavy atom. The first-order valence-corrected chi connectivity index (χ1v) is 5.80. The summed E-state index contributed by atoms with van der Waals surface area (Å²) in [6, 6.07) is 5.89. The minimum absolute atomic E-state index is 0.0394. The van der Waals surface area contributed by atoms with Gasteiger partial charge in [0.25, 0.3) is 5.69 Å². The molecule has 1 aromatic carbocycles. The summed E-state index contributed by atoms with van der Waals surface area (Å²) in [6.07, 6.45) is 1.49. The van der Waals surface area contributed by atoms with E-state index in [0.29, 0.717) is 18.7 Å². The normalized spacial score (nSPS) is 11.9. The summed E-state index contributed by atoms with van der Waals surface area (Å²) in [5.41, 5.74) is 5.78. The van der Waals surface area contributed by atoms with Gasteiger partial charge in [0.15, 0.2) is 0 Å². The number of benzene rings is 1. The van der Waals surface area contributed by atoms with E-state index in [4.69, 9.17) is 5.73 Å². The highest BCUT2D eigenvalue weighted by atomic mass is 16.6. The third-order valence-electron chi connectivity index (χ3n) is 2.61. The van der Waals surface area contributed by atoms with Crippen LogP contribution in [0.4, 0.5) is 11.4 Å². The van der Waals surface area contributed by atoms with Crippen LogP contribution >= 0.6 is 0 Å². The molecule has 1 unspecified atom stereocenters. The van der Waals surface area contributed by atoms with Crippen molar-refractivity contribution in [3.05, 3.63) is 34.4 Å². The fourth-order valence-corrected chi connectivity index (χ4v) is 1.52. The molecule has 6 heteroatoms. The summed E-state index contributed by atoms with van der Waals surface area (Å²) < 4.78 is 0. The SMILES string of the molecule is CC(CCCN)C(=O)Nc1cccc([N+](=O)[O-])c1. The number of nitrogens with two attached hydrogens (primary N) is 1. The number of anilines is 1. The van der Waals surface area contributed by atoms with Crippen molar-refractivity contribution in [3.8, 4) is 0 Å². The van der Waals surface area contributed by atoms with Gasteiger partial charge in [-0.1, -0.05) is 13.0 Å². The van der Waals surface area contributed by atoms with Gasteiger partial charge in [0.2, 0.25) is 5.91 Å². The molecule has 1 atom stereocenters. The lowest BCUT2D eigenvalue weighted by atomic mass is 10.0. The van der Waals surface area contributed by atoms with Gasteiger partial charge in [-0.25, -0.2) is 0 Å². The Labute approximate surface area is 105 Å². The molecule has 1 aromatic rings. The zero-order valence-electron chi connectivity index (χ0n) is 10.3. The van der Waals surface area contributed by atoms with Crippen molar-refractivity contribution < 1.29 is 9.72 Å². The highest BCUT2D eigenvalue weighted by Crippen LogP contribution is 2.18. The van der Waals surface area contributed by atoms with Gasteiger partial charge in [0.1, 0.15) is 0 Å². The van der Waals surface area contributed by atoms with Crippen molar-refractivity contribution in [2.24, 2.45) is 11.7 Å². The lowest BCUT2D eigenvalue weighted by Crippen LogP contribution is -2.21. The Hall–Kier alpha value is -1.95. The van der Waals surface area contributed by atoms with Crippen molar-refractivity contribution in [2.45, 2.75) is 19.8 Å². The van der Waals surface area contributed by atoms with E-state index in [-0.39, 0.29) is 17.5 Å². The molecule has 0 aliphatic heterocycles. The van der Waals surface area contributed by atoms with Crippen molar-refractivity contribution >= 4 is 17.3 Å². The third-order valence-corrected chi connectivity index (χ3v) is 2.61. The zero-order chi connectivity index (χ0) is 13.5. The number of amides is 1. The van der Waals surface area contributed by atoms with Gasteiger partial charge in [-0.05, 0) is 25.5 Å². The average Bonchev–Trinajstić information content (AvgIpc) is 2.36. The first-order chi connectivity index (χ1) is 8.54. The average molecular weight is 251 g/mol. The molecule has 6 nitrogen and oxygen atoms in total. The number of hydrogen-bond donors (Lipinski definition) is 2. The van der Waals surface area contributed by atoms with Crippen LogP contribution in [0.15, 0.2) is 24.3 Å². The van der Waals surface area contributed by atoms with Gasteiger partial charge < -0.3 is 11.1 Å². The van der Waals surface area contributed by atoms with Crippen molar-refractivity contribution in [3.63, 3.8) is 0 Å². The van der Waals surface area contributed by atoms with Gasteiger partial charge >= 0.3 is 0 Å². The van der Waals surface area contributed by atoms with Gasteiger partial charge in [-0.15, -0.1) is 0 Å². The Kier molecular flexibility index (Phi) is 5.26. The van der Waals surface area contributed by atoms with Crippen molar-refractivity contribution in [1.29, 1.82) is 0 Å². The van der Waals surface area contributed by atoms with Crippen molar-refractivity contribution in [1.82, 2.24) is 0 Å². The molecule has 0 aromatic heterocycles. The number of carbonyl (C=O) groups excluding carboxylic acids is 1. The number of hydrogen-bond acceptors (Lipinski definition) is 4. The molecule has 18 heavy (non-hydrogen) atoms. The molecule has 0 spiro atoms. The standard InChI is InChI=1S/C12H17N3O3/c1-9(4-3-7-13)12(16)14-10-5-2-6-11(8-10)15(17)18/h2,5-6,8-9H,3-4,7,13H2,1H3,(H,14,16). The molecule has 0 bridgehead atoms. The molecule has 0 radical (unpaired) electrons. The second kappa shape index (κ2) is 6.70. The summed E-state index contributed by atoms with van der Waals surface area (Å²) in [4.78, 5) is 21.9. The second-order valence-corrected chi connectivity index (χ2v) is 4.13. The molecule has 0 saturated carbocycles. The quantitative estimate of drug-likeness (QED) is 0.596. The number of nitrogens with one attached hydrogen (secondary N) is 1. The predicted molar refractivity (Wildman–Crippen MR) is 69.2 cm³/mol. The van der Waals surface area contributed by atoms with Crippen LogP contribution in [0.2, 0.25) is 0 Å². The molecule has 1 amide bonds. The van der Waals surface area contributed by atoms with Crippen LogP contribution < -0.4 is 11.1 Å². The van der Waals surface area contributed by atoms with Crippen LogP contribution in [-0.2, 0) is 4.79 Å². The first-order valence-electron chi connectivity index (χ1n) is 5.80. The first kappa shape index (κ1) is 14.1. The van der Waals surface area contributed by atoms with Gasteiger partial charge in [-0.3, -0.25) is 14.9 Å². The van der Waals surface area contributed by atoms with Crippen LogP contribution in [-0.4, -0.2) is 17.4 Å². The number of rotatable bonds is 6. The number of nitro groups is 1. The van der Waals surface area contributed by atoms with Crippen LogP contribution in [0, 0.1) is 16.0 Å². The molecular weight excluding hydrogens is 234 g/mol. The van der Waals surface area contributed by atoms with E-state index in [1.54, 1.807) is 6.07 Å². The molecule has 0 aliphatic carbocycles. The molecule has 3 N–H and O–H groups in total. The van der Waals surface area contributed by atoms with E-state index >= 15 is 0 Å². The minimum Gasteiger partial charge on any atom is -0.330 e. The van der Waals surface area contributed by atoms with Crippen LogP contribution in [0.1, 0.15) is 19.8 Å². The summed E-state index contributed by atoms with van der Waals surface area (Å²) in [5, 5.41) is 13.3. The number of nitro benzene ring substituents is 1. The Morgan fingerprint density at radius 2 is 2.28 bits per heavy atom. The molecule has 0 saturated heterocycles. The Balaban J connectivity index is 2.64. The maximum atomic E-state index is 11.8. The molecule has 0 aliphatic rings. The highest BCUT2D eigenvalue weighted by Gasteiger charge is 2.13. The van der Waals surface area contributed by atoms with E-state index in [2.05, 4.69) is 5.32 Å². The zero-order valence-corrected chi connectivity index (χ0v) is 10.3. The lowest BCUT2D eigenvalue weighted by Gasteiger charge is -2.11. The molecule has 0 fully saturated rings. The molecule has 1 rings (SSSR count). The summed E-state index contributed by atoms with van der Waals surface area (Å²) in [6.45, 7) is 2.36. The second-order valence-electron chi connectivity index (χ2n) is 4.13. The molecular formula is C12H17N3O3. The third kappa shape index (κ3) is 4.14. The lowest BCUT2D eigenvalue weighted by molar-refractivity contribution is -0.384. The van der Waals surface area contributed by atoms with Gasteiger partial charge in [-0.2, -0.15) is 0 Å². The summed E-state index contributed by atoms with van der Waals surface area (Å²) in [7, 11) is 0. The number of carbonyl (C=O) groups is 1. The number of non-ortho nitro benzene ring substituents is 1. The maximum absolute atomic E-state index is 11.8. The topological polar surface area (TPSA) is 98.3 Å². The minimum atomic E-state index is -0.493. The van der Waals surface area contributed by atoms with E-state index < -0.39 is 4.92 Å². The van der Waals surface area contributed by atoms with E-state index in [1.807, 2.05) is 6.92 Å². The summed E-state index contributed by atoms with van der Waals surface area (Å²) >= 11 is 0. The Morgan fingerprint density at radius 1 is 1.56 bits per heavy atom. The predicted octanol–water partition coefficient (Wildman–Crippen LogP) is 1.91. The Bertz CT molecular complexity index is 434. The van der Waals surface area contributed by atoms with Gasteiger partial charge in [0.05, 0.1) is 4.92 Å². The summed E-state index contributed by atoms with van der Waals surface area (Å²) in [5.74, 6) is -0.309. The largest absolute Gasteiger partial charge is 0.330 e. The smallest absolute Gasteiger partial charge is 0.271 e. The maximum Gasteiger partial charge on any atom is 0.271 e. The van der Waals surface area contributed by atoms with Crippen molar-refractivity contribution in [2.75, 3.05) is 11.9 Å². The van der Waals surface area contributed by atoms with E-state index in [0.717, 1.165) is 6.42 Å². The van der Waals surface area contributed by atoms with Crippen LogP contribution in [0.3, 0.4) is 0 Å². The van der Waals surface area contributed by atoms with E-state index in [9.17, 15) is 14.9 Å².